The summed E-state index contributed by atoms with van der Waals surface area (Å²) in [7, 11) is 1.88. The van der Waals surface area contributed by atoms with Crippen molar-refractivity contribution in [2.45, 2.75) is 39.2 Å². The van der Waals surface area contributed by atoms with Crippen molar-refractivity contribution in [2.24, 2.45) is 10.4 Å². The number of aliphatic imine (C=N–C) groups is 1. The van der Waals surface area contributed by atoms with E-state index in [0.29, 0.717) is 5.41 Å². The number of hydrogen-bond donors (Lipinski definition) is 1. The van der Waals surface area contributed by atoms with E-state index in [-0.39, 0.29) is 0 Å². The number of rotatable bonds is 3. The molecule has 1 aliphatic heterocycles. The van der Waals surface area contributed by atoms with Gasteiger partial charge in [0.15, 0.2) is 5.96 Å². The Balaban J connectivity index is 1.48. The fourth-order valence-corrected chi connectivity index (χ4v) is 3.40. The van der Waals surface area contributed by atoms with Gasteiger partial charge < -0.3 is 10.2 Å². The number of aryl methyl sites for hydroxylation is 1. The van der Waals surface area contributed by atoms with Crippen molar-refractivity contribution in [1.82, 2.24) is 20.0 Å². The molecule has 1 N–H and O–H groups in total. The van der Waals surface area contributed by atoms with Crippen LogP contribution in [0.2, 0.25) is 0 Å². The first kappa shape index (κ1) is 13.5. The molecule has 1 aromatic rings. The molecule has 0 unspecified atom stereocenters. The molecule has 1 saturated heterocycles. The number of guanidine groups is 1. The van der Waals surface area contributed by atoms with E-state index in [1.165, 1.54) is 37.8 Å². The Bertz CT molecular complexity index is 486. The van der Waals surface area contributed by atoms with Gasteiger partial charge in [0.05, 0.1) is 12.7 Å². The Kier molecular flexibility index (Phi) is 3.68. The molecule has 3 rings (SSSR count). The van der Waals surface area contributed by atoms with Crippen LogP contribution in [0.1, 0.15) is 31.2 Å². The van der Waals surface area contributed by atoms with E-state index >= 15 is 0 Å². The molecular formula is C15H25N5. The fourth-order valence-electron chi connectivity index (χ4n) is 3.40. The zero-order valence-electron chi connectivity index (χ0n) is 12.6. The minimum absolute atomic E-state index is 0.622. The zero-order chi connectivity index (χ0) is 14.0. The van der Waals surface area contributed by atoms with Gasteiger partial charge in [-0.2, -0.15) is 5.10 Å². The van der Waals surface area contributed by atoms with Crippen LogP contribution >= 0.6 is 0 Å². The van der Waals surface area contributed by atoms with E-state index in [9.17, 15) is 0 Å². The standard InChI is InChI=1S/C15H25N5/c1-13-10-18-20(11-13)9-7-17-14(16-2)19-8-6-15(12-19)4-3-5-15/h10-11H,3-9,12H2,1-2H3,(H,16,17). The molecule has 20 heavy (non-hydrogen) atoms. The van der Waals surface area contributed by atoms with Gasteiger partial charge in [-0.25, -0.2) is 0 Å². The Morgan fingerprint density at radius 1 is 1.45 bits per heavy atom. The van der Waals surface area contributed by atoms with Crippen LogP contribution in [0, 0.1) is 12.3 Å². The highest BCUT2D eigenvalue weighted by Crippen LogP contribution is 2.47. The Hall–Kier alpha value is -1.52. The second-order valence-electron chi connectivity index (χ2n) is 6.28. The molecule has 0 atom stereocenters. The van der Waals surface area contributed by atoms with E-state index in [1.54, 1.807) is 0 Å². The smallest absolute Gasteiger partial charge is 0.193 e. The van der Waals surface area contributed by atoms with E-state index in [2.05, 4.69) is 33.4 Å². The third kappa shape index (κ3) is 2.67. The number of hydrogen-bond acceptors (Lipinski definition) is 2. The molecule has 5 nitrogen and oxygen atoms in total. The topological polar surface area (TPSA) is 45.5 Å². The van der Waals surface area contributed by atoms with Crippen molar-refractivity contribution >= 4 is 5.96 Å². The van der Waals surface area contributed by atoms with Crippen molar-refractivity contribution < 1.29 is 0 Å². The monoisotopic (exact) mass is 275 g/mol. The lowest BCUT2D eigenvalue weighted by Crippen LogP contribution is -2.43. The third-order valence-corrected chi connectivity index (χ3v) is 4.75. The summed E-state index contributed by atoms with van der Waals surface area (Å²) in [5.41, 5.74) is 1.83. The molecule has 0 amide bonds. The maximum absolute atomic E-state index is 4.43. The number of nitrogens with zero attached hydrogens (tertiary/aromatic N) is 4. The summed E-state index contributed by atoms with van der Waals surface area (Å²) >= 11 is 0. The molecule has 1 aliphatic carbocycles. The molecule has 1 aromatic heterocycles. The van der Waals surface area contributed by atoms with E-state index in [0.717, 1.165) is 25.6 Å². The molecule has 1 spiro atoms. The van der Waals surface area contributed by atoms with E-state index in [1.807, 2.05) is 17.9 Å². The summed E-state index contributed by atoms with van der Waals surface area (Å²) in [5.74, 6) is 1.05. The summed E-state index contributed by atoms with van der Waals surface area (Å²) in [4.78, 5) is 6.86. The van der Waals surface area contributed by atoms with Gasteiger partial charge in [0.1, 0.15) is 0 Å². The maximum atomic E-state index is 4.43. The molecule has 2 fully saturated rings. The van der Waals surface area contributed by atoms with Crippen molar-refractivity contribution in [3.63, 3.8) is 0 Å². The first-order valence-electron chi connectivity index (χ1n) is 7.65. The SMILES string of the molecule is CN=C(NCCn1cc(C)cn1)N1CCC2(CCC2)C1. The second kappa shape index (κ2) is 5.46. The summed E-state index contributed by atoms with van der Waals surface area (Å²) < 4.78 is 1.98. The Morgan fingerprint density at radius 3 is 2.85 bits per heavy atom. The van der Waals surface area contributed by atoms with Crippen molar-refractivity contribution in [2.75, 3.05) is 26.7 Å². The lowest BCUT2D eigenvalue weighted by Gasteiger charge is -2.38. The van der Waals surface area contributed by atoms with Gasteiger partial charge in [0.2, 0.25) is 0 Å². The molecule has 110 valence electrons. The minimum Gasteiger partial charge on any atom is -0.354 e. The molecule has 0 bridgehead atoms. The molecule has 5 heteroatoms. The fraction of sp³-hybridized carbons (Fsp3) is 0.733. The van der Waals surface area contributed by atoms with Crippen LogP contribution in [0.5, 0.6) is 0 Å². The Labute approximate surface area is 121 Å². The predicted molar refractivity (Wildman–Crippen MR) is 80.8 cm³/mol. The van der Waals surface area contributed by atoms with Crippen LogP contribution in [-0.4, -0.2) is 47.3 Å². The van der Waals surface area contributed by atoms with Gasteiger partial charge in [-0.3, -0.25) is 9.67 Å². The molecule has 2 aliphatic rings. The quantitative estimate of drug-likeness (QED) is 0.674. The molecule has 0 radical (unpaired) electrons. The zero-order valence-corrected chi connectivity index (χ0v) is 12.6. The van der Waals surface area contributed by atoms with Gasteiger partial charge in [-0.05, 0) is 37.2 Å². The highest BCUT2D eigenvalue weighted by molar-refractivity contribution is 5.80. The normalized spacial score (nSPS) is 21.3. The molecule has 0 aromatic carbocycles. The lowest BCUT2D eigenvalue weighted by molar-refractivity contribution is 0.151. The summed E-state index contributed by atoms with van der Waals surface area (Å²) in [6.07, 6.45) is 9.55. The van der Waals surface area contributed by atoms with E-state index in [4.69, 9.17) is 0 Å². The van der Waals surface area contributed by atoms with E-state index < -0.39 is 0 Å². The number of aromatic nitrogens is 2. The highest BCUT2D eigenvalue weighted by atomic mass is 15.3. The van der Waals surface area contributed by atoms with Crippen LogP contribution in [0.4, 0.5) is 0 Å². The van der Waals surface area contributed by atoms with Crippen molar-refractivity contribution in [1.29, 1.82) is 0 Å². The predicted octanol–water partition coefficient (Wildman–Crippen LogP) is 1.64. The van der Waals surface area contributed by atoms with Crippen LogP contribution in [-0.2, 0) is 6.54 Å². The van der Waals surface area contributed by atoms with Crippen LogP contribution in [0.3, 0.4) is 0 Å². The summed E-state index contributed by atoms with van der Waals surface area (Å²) in [6.45, 7) is 6.16. The molecule has 1 saturated carbocycles. The average molecular weight is 275 g/mol. The van der Waals surface area contributed by atoms with Gasteiger partial charge in [-0.1, -0.05) is 6.42 Å². The van der Waals surface area contributed by atoms with Crippen molar-refractivity contribution in [3.05, 3.63) is 18.0 Å². The van der Waals surface area contributed by atoms with Gasteiger partial charge in [-0.15, -0.1) is 0 Å². The van der Waals surface area contributed by atoms with Crippen LogP contribution < -0.4 is 5.32 Å². The van der Waals surface area contributed by atoms with Gasteiger partial charge in [0, 0.05) is 32.9 Å². The largest absolute Gasteiger partial charge is 0.354 e. The first-order valence-corrected chi connectivity index (χ1v) is 7.65. The number of nitrogens with one attached hydrogen (secondary N) is 1. The molecule has 2 heterocycles. The Morgan fingerprint density at radius 2 is 2.30 bits per heavy atom. The third-order valence-electron chi connectivity index (χ3n) is 4.75. The lowest BCUT2D eigenvalue weighted by atomic mass is 9.68. The maximum Gasteiger partial charge on any atom is 0.193 e. The molecular weight excluding hydrogens is 250 g/mol. The van der Waals surface area contributed by atoms with Gasteiger partial charge >= 0.3 is 0 Å². The van der Waals surface area contributed by atoms with Crippen molar-refractivity contribution in [3.8, 4) is 0 Å². The first-order chi connectivity index (χ1) is 9.71. The summed E-state index contributed by atoms with van der Waals surface area (Å²) in [6, 6.07) is 0. The summed E-state index contributed by atoms with van der Waals surface area (Å²) in [5, 5.41) is 7.77. The second-order valence-corrected chi connectivity index (χ2v) is 6.28. The van der Waals surface area contributed by atoms with Crippen LogP contribution in [0.15, 0.2) is 17.4 Å². The highest BCUT2D eigenvalue weighted by Gasteiger charge is 2.43. The van der Waals surface area contributed by atoms with Gasteiger partial charge in [0.25, 0.3) is 0 Å². The minimum atomic E-state index is 0.622. The average Bonchev–Trinajstić information content (AvgIpc) is 3.01. The van der Waals surface area contributed by atoms with Crippen LogP contribution in [0.25, 0.3) is 0 Å². The number of likely N-dealkylation sites (tertiary alicyclic amines) is 1.